The first-order chi connectivity index (χ1) is 15.6. The number of nitrogen functional groups attached to an aromatic ring is 1. The highest BCUT2D eigenvalue weighted by atomic mass is 14.8. The van der Waals surface area contributed by atoms with Crippen LogP contribution in [0.4, 0.5) is 5.82 Å². The van der Waals surface area contributed by atoms with Gasteiger partial charge in [-0.05, 0) is 82.9 Å². The van der Waals surface area contributed by atoms with Gasteiger partial charge in [0.15, 0.2) is 0 Å². The largest absolute Gasteiger partial charge is 0.384 e. The second kappa shape index (κ2) is 10.5. The van der Waals surface area contributed by atoms with Gasteiger partial charge in [-0.3, -0.25) is 9.97 Å². The van der Waals surface area contributed by atoms with Crippen LogP contribution in [0.15, 0.2) is 67.4 Å². The van der Waals surface area contributed by atoms with Crippen molar-refractivity contribution in [3.8, 4) is 0 Å². The van der Waals surface area contributed by atoms with Crippen molar-refractivity contribution in [2.45, 2.75) is 89.4 Å². The Hall–Kier alpha value is -2.75. The fraction of sp³-hybridized carbons (Fsp3) is 0.483. The molecule has 0 aliphatic rings. The van der Waals surface area contributed by atoms with E-state index in [1.807, 2.05) is 43.1 Å². The van der Waals surface area contributed by atoms with Crippen molar-refractivity contribution in [1.29, 1.82) is 0 Å². The predicted octanol–water partition coefficient (Wildman–Crippen LogP) is 7.01. The SMILES string of the molecule is CC(C)(CCCCC(C)(CCC(C)(C)c1cccnc1)c1ccncc1)c1ccc(N)nc1. The lowest BCUT2D eigenvalue weighted by Crippen LogP contribution is -2.27. The molecule has 0 amide bonds. The molecule has 33 heavy (non-hydrogen) atoms. The van der Waals surface area contributed by atoms with Gasteiger partial charge in [-0.15, -0.1) is 0 Å². The van der Waals surface area contributed by atoms with E-state index in [-0.39, 0.29) is 16.2 Å². The molecular formula is C29H40N4. The van der Waals surface area contributed by atoms with Crippen LogP contribution in [0.3, 0.4) is 0 Å². The van der Waals surface area contributed by atoms with Gasteiger partial charge in [0.2, 0.25) is 0 Å². The van der Waals surface area contributed by atoms with Gasteiger partial charge in [0.1, 0.15) is 5.82 Å². The Kier molecular flexibility index (Phi) is 7.88. The maximum atomic E-state index is 5.77. The average Bonchev–Trinajstić information content (AvgIpc) is 2.82. The maximum Gasteiger partial charge on any atom is 0.123 e. The van der Waals surface area contributed by atoms with Crippen LogP contribution in [0.25, 0.3) is 0 Å². The number of nitrogens with two attached hydrogens (primary N) is 1. The topological polar surface area (TPSA) is 64.7 Å². The van der Waals surface area contributed by atoms with Crippen molar-refractivity contribution < 1.29 is 0 Å². The maximum absolute atomic E-state index is 5.77. The van der Waals surface area contributed by atoms with Gasteiger partial charge in [-0.1, -0.05) is 59.6 Å². The minimum Gasteiger partial charge on any atom is -0.384 e. The number of unbranched alkanes of at least 4 members (excludes halogenated alkanes) is 1. The lowest BCUT2D eigenvalue weighted by Gasteiger charge is -2.35. The van der Waals surface area contributed by atoms with Crippen LogP contribution >= 0.6 is 0 Å². The summed E-state index contributed by atoms with van der Waals surface area (Å²) in [5.41, 5.74) is 10.0. The third-order valence-corrected chi connectivity index (χ3v) is 7.47. The van der Waals surface area contributed by atoms with E-state index in [1.165, 1.54) is 29.5 Å². The van der Waals surface area contributed by atoms with Crippen LogP contribution in [0.1, 0.15) is 89.8 Å². The average molecular weight is 445 g/mol. The third kappa shape index (κ3) is 6.63. The number of hydrogen-bond donors (Lipinski definition) is 1. The molecule has 1 atom stereocenters. The molecule has 0 aliphatic heterocycles. The first-order valence-electron chi connectivity index (χ1n) is 12.2. The standard InChI is InChI=1S/C29H40N4/c1-27(2,25-10-11-26(30)33-22-25)14-6-7-15-29(5,23-12-19-31-20-13-23)17-16-28(3,4)24-9-8-18-32-21-24/h8-13,18-22H,6-7,14-17H2,1-5H3,(H2,30,33). The molecular weight excluding hydrogens is 404 g/mol. The van der Waals surface area contributed by atoms with Crippen LogP contribution in [0.5, 0.6) is 0 Å². The summed E-state index contributed by atoms with van der Waals surface area (Å²) in [5.74, 6) is 0.580. The molecule has 0 saturated heterocycles. The Morgan fingerprint density at radius 1 is 0.636 bits per heavy atom. The van der Waals surface area contributed by atoms with E-state index in [4.69, 9.17) is 5.73 Å². The Labute approximate surface area is 200 Å². The van der Waals surface area contributed by atoms with Gasteiger partial charge in [-0.2, -0.15) is 0 Å². The van der Waals surface area contributed by atoms with Crippen molar-refractivity contribution in [3.63, 3.8) is 0 Å². The van der Waals surface area contributed by atoms with Gasteiger partial charge < -0.3 is 5.73 Å². The number of anilines is 1. The summed E-state index contributed by atoms with van der Waals surface area (Å²) in [6.45, 7) is 11.7. The van der Waals surface area contributed by atoms with E-state index in [1.54, 1.807) is 0 Å². The molecule has 3 aromatic rings. The van der Waals surface area contributed by atoms with Crippen LogP contribution < -0.4 is 5.73 Å². The van der Waals surface area contributed by atoms with Crippen molar-refractivity contribution >= 4 is 5.82 Å². The van der Waals surface area contributed by atoms with E-state index in [0.29, 0.717) is 5.82 Å². The molecule has 0 radical (unpaired) electrons. The minimum absolute atomic E-state index is 0.0900. The first kappa shape index (κ1) is 24.9. The summed E-state index contributed by atoms with van der Waals surface area (Å²) in [7, 11) is 0. The van der Waals surface area contributed by atoms with Crippen LogP contribution in [0, 0.1) is 0 Å². The summed E-state index contributed by atoms with van der Waals surface area (Å²) >= 11 is 0. The number of hydrogen-bond acceptors (Lipinski definition) is 4. The Bertz CT molecular complexity index is 981. The number of nitrogens with zero attached hydrogens (tertiary/aromatic N) is 3. The quantitative estimate of drug-likeness (QED) is 0.323. The molecule has 3 aromatic heterocycles. The molecule has 3 heterocycles. The molecule has 0 aliphatic carbocycles. The number of pyridine rings is 3. The van der Waals surface area contributed by atoms with Gasteiger partial charge in [-0.25, -0.2) is 4.98 Å². The number of rotatable bonds is 11. The smallest absolute Gasteiger partial charge is 0.123 e. The summed E-state index contributed by atoms with van der Waals surface area (Å²) in [4.78, 5) is 12.9. The fourth-order valence-electron chi connectivity index (χ4n) is 4.70. The van der Waals surface area contributed by atoms with Gasteiger partial charge >= 0.3 is 0 Å². The van der Waals surface area contributed by atoms with Crippen molar-refractivity contribution in [3.05, 3.63) is 84.1 Å². The highest BCUT2D eigenvalue weighted by molar-refractivity contribution is 5.32. The van der Waals surface area contributed by atoms with Crippen LogP contribution in [-0.4, -0.2) is 15.0 Å². The Morgan fingerprint density at radius 2 is 1.30 bits per heavy atom. The van der Waals surface area contributed by atoms with Gasteiger partial charge in [0.05, 0.1) is 0 Å². The third-order valence-electron chi connectivity index (χ3n) is 7.47. The zero-order chi connectivity index (χ0) is 24.0. The molecule has 4 nitrogen and oxygen atoms in total. The Balaban J connectivity index is 1.65. The molecule has 0 bridgehead atoms. The number of aromatic nitrogens is 3. The molecule has 0 saturated carbocycles. The lowest BCUT2D eigenvalue weighted by atomic mass is 9.69. The van der Waals surface area contributed by atoms with E-state index >= 15 is 0 Å². The molecule has 1 unspecified atom stereocenters. The van der Waals surface area contributed by atoms with E-state index in [0.717, 1.165) is 25.7 Å². The first-order valence-corrected chi connectivity index (χ1v) is 12.2. The van der Waals surface area contributed by atoms with Gasteiger partial charge in [0, 0.05) is 31.0 Å². The molecule has 0 fully saturated rings. The lowest BCUT2D eigenvalue weighted by molar-refractivity contribution is 0.319. The normalized spacial score (nSPS) is 14.1. The molecule has 2 N–H and O–H groups in total. The molecule has 0 spiro atoms. The van der Waals surface area contributed by atoms with Gasteiger partial charge in [0.25, 0.3) is 0 Å². The monoisotopic (exact) mass is 444 g/mol. The summed E-state index contributed by atoms with van der Waals surface area (Å²) in [6.07, 6.45) is 16.6. The van der Waals surface area contributed by atoms with Crippen molar-refractivity contribution in [2.24, 2.45) is 0 Å². The van der Waals surface area contributed by atoms with E-state index < -0.39 is 0 Å². The minimum atomic E-state index is 0.0900. The molecule has 176 valence electrons. The zero-order valence-electron chi connectivity index (χ0n) is 21.0. The highest BCUT2D eigenvalue weighted by Gasteiger charge is 2.31. The zero-order valence-corrected chi connectivity index (χ0v) is 21.0. The van der Waals surface area contributed by atoms with E-state index in [2.05, 4.69) is 73.8 Å². The fourth-order valence-corrected chi connectivity index (χ4v) is 4.70. The van der Waals surface area contributed by atoms with Crippen molar-refractivity contribution in [1.82, 2.24) is 15.0 Å². The van der Waals surface area contributed by atoms with E-state index in [9.17, 15) is 0 Å². The molecule has 3 rings (SSSR count). The predicted molar refractivity (Wildman–Crippen MR) is 138 cm³/mol. The second-order valence-electron chi connectivity index (χ2n) is 11.0. The van der Waals surface area contributed by atoms with Crippen LogP contribution in [-0.2, 0) is 16.2 Å². The summed E-state index contributed by atoms with van der Waals surface area (Å²) in [6, 6.07) is 12.6. The molecule has 4 heteroatoms. The van der Waals surface area contributed by atoms with Crippen LogP contribution in [0.2, 0.25) is 0 Å². The second-order valence-corrected chi connectivity index (χ2v) is 11.0. The highest BCUT2D eigenvalue weighted by Crippen LogP contribution is 2.40. The van der Waals surface area contributed by atoms with Crippen molar-refractivity contribution in [2.75, 3.05) is 5.73 Å². The summed E-state index contributed by atoms with van der Waals surface area (Å²) < 4.78 is 0. The summed E-state index contributed by atoms with van der Waals surface area (Å²) in [5, 5.41) is 0. The Morgan fingerprint density at radius 3 is 1.94 bits per heavy atom. The molecule has 0 aromatic carbocycles.